The molecule has 0 radical (unpaired) electrons. The number of amides is 1. The van der Waals surface area contributed by atoms with Crippen LogP contribution in [0.4, 0.5) is 0 Å². The molecule has 0 atom stereocenters. The lowest BCUT2D eigenvalue weighted by atomic mass is 10.1. The minimum Gasteiger partial charge on any atom is -0.352 e. The number of benzene rings is 1. The highest BCUT2D eigenvalue weighted by Gasteiger charge is 2.17. The van der Waals surface area contributed by atoms with Crippen LogP contribution < -0.4 is 5.32 Å². The van der Waals surface area contributed by atoms with E-state index in [1.54, 1.807) is 23.0 Å². The van der Waals surface area contributed by atoms with Crippen LogP contribution in [0.1, 0.15) is 36.3 Å². The minimum absolute atomic E-state index is 0.104. The summed E-state index contributed by atoms with van der Waals surface area (Å²) in [6, 6.07) is 5.31. The minimum atomic E-state index is -0.104. The zero-order valence-electron chi connectivity index (χ0n) is 12.0. The van der Waals surface area contributed by atoms with Gasteiger partial charge in [-0.1, -0.05) is 36.5 Å². The molecular weight excluding hydrogens is 309 g/mol. The molecule has 1 aromatic carbocycles. The van der Waals surface area contributed by atoms with E-state index in [0.717, 1.165) is 24.2 Å². The molecule has 21 heavy (non-hydrogen) atoms. The average Bonchev–Trinajstić information content (AvgIpc) is 2.86. The molecule has 0 bridgehead atoms. The molecule has 0 saturated carbocycles. The number of halogens is 2. The highest BCUT2D eigenvalue weighted by molar-refractivity contribution is 6.42. The number of hydrogen-bond acceptors (Lipinski definition) is 2. The summed E-state index contributed by atoms with van der Waals surface area (Å²) in [4.78, 5) is 12.1. The molecule has 1 heterocycles. The third-order valence-corrected chi connectivity index (χ3v) is 3.82. The molecule has 0 spiro atoms. The molecule has 0 aliphatic heterocycles. The van der Waals surface area contributed by atoms with Gasteiger partial charge in [-0.3, -0.25) is 4.79 Å². The summed E-state index contributed by atoms with van der Waals surface area (Å²) in [6.45, 7) is 4.54. The van der Waals surface area contributed by atoms with E-state index in [4.69, 9.17) is 23.2 Å². The van der Waals surface area contributed by atoms with Gasteiger partial charge in [0.25, 0.3) is 5.91 Å². The van der Waals surface area contributed by atoms with Crippen molar-refractivity contribution >= 4 is 29.1 Å². The zero-order chi connectivity index (χ0) is 15.4. The first-order valence-corrected chi connectivity index (χ1v) is 7.64. The number of nitrogens with one attached hydrogen (secondary N) is 1. The Hall–Kier alpha value is -1.52. The first-order valence-electron chi connectivity index (χ1n) is 6.89. The molecule has 0 saturated heterocycles. The largest absolute Gasteiger partial charge is 0.352 e. The third kappa shape index (κ3) is 3.39. The second-order valence-corrected chi connectivity index (χ2v) is 5.44. The highest BCUT2D eigenvalue weighted by atomic mass is 35.5. The van der Waals surface area contributed by atoms with Crippen LogP contribution in [0.15, 0.2) is 24.4 Å². The maximum absolute atomic E-state index is 12.1. The predicted molar refractivity (Wildman–Crippen MR) is 85.6 cm³/mol. The summed E-state index contributed by atoms with van der Waals surface area (Å²) < 4.78 is 1.75. The Morgan fingerprint density at radius 3 is 2.67 bits per heavy atom. The van der Waals surface area contributed by atoms with Crippen molar-refractivity contribution < 1.29 is 4.79 Å². The van der Waals surface area contributed by atoms with Crippen LogP contribution >= 0.6 is 23.2 Å². The fraction of sp³-hybridized carbons (Fsp3) is 0.333. The van der Waals surface area contributed by atoms with Gasteiger partial charge in [0, 0.05) is 6.54 Å². The summed E-state index contributed by atoms with van der Waals surface area (Å²) in [5, 5.41) is 8.10. The first-order chi connectivity index (χ1) is 10.1. The Kier molecular flexibility index (Phi) is 5.26. The van der Waals surface area contributed by atoms with Crippen molar-refractivity contribution in [3.8, 4) is 5.69 Å². The Balaban J connectivity index is 2.48. The van der Waals surface area contributed by atoms with Gasteiger partial charge in [-0.2, -0.15) is 5.10 Å². The fourth-order valence-corrected chi connectivity index (χ4v) is 2.43. The van der Waals surface area contributed by atoms with Gasteiger partial charge in [-0.25, -0.2) is 4.68 Å². The topological polar surface area (TPSA) is 46.9 Å². The summed E-state index contributed by atoms with van der Waals surface area (Å²) in [6.07, 6.45) is 3.27. The molecule has 6 heteroatoms. The molecule has 0 fully saturated rings. The molecule has 1 N–H and O–H groups in total. The van der Waals surface area contributed by atoms with Crippen molar-refractivity contribution in [2.45, 2.75) is 26.7 Å². The van der Waals surface area contributed by atoms with Gasteiger partial charge in [0.05, 0.1) is 33.2 Å². The van der Waals surface area contributed by atoms with Gasteiger partial charge in [0.2, 0.25) is 0 Å². The number of carbonyl (C=O) groups is 1. The molecule has 0 aliphatic carbocycles. The first kappa shape index (κ1) is 15.9. The van der Waals surface area contributed by atoms with Crippen molar-refractivity contribution in [2.75, 3.05) is 6.54 Å². The van der Waals surface area contributed by atoms with Crippen LogP contribution in [-0.4, -0.2) is 22.2 Å². The normalized spacial score (nSPS) is 10.7. The van der Waals surface area contributed by atoms with Crippen LogP contribution in [0, 0.1) is 0 Å². The Labute approximate surface area is 134 Å². The van der Waals surface area contributed by atoms with E-state index in [9.17, 15) is 4.79 Å². The smallest absolute Gasteiger partial charge is 0.254 e. The number of nitrogens with zero attached hydrogens (tertiary/aromatic N) is 2. The monoisotopic (exact) mass is 325 g/mol. The van der Waals surface area contributed by atoms with Crippen LogP contribution in [0.25, 0.3) is 5.69 Å². The molecule has 1 aromatic heterocycles. The SMILES string of the molecule is CCCc1c(C(=O)NCC)cnn1-c1ccc(Cl)c(Cl)c1. The van der Waals surface area contributed by atoms with E-state index in [1.807, 2.05) is 13.0 Å². The summed E-state index contributed by atoms with van der Waals surface area (Å²) in [5.74, 6) is -0.104. The van der Waals surface area contributed by atoms with Crippen LogP contribution in [0.5, 0.6) is 0 Å². The summed E-state index contributed by atoms with van der Waals surface area (Å²) in [7, 11) is 0. The molecular formula is C15H17Cl2N3O. The van der Waals surface area contributed by atoms with Crippen molar-refractivity contribution in [1.29, 1.82) is 0 Å². The molecule has 2 aromatic rings. The maximum atomic E-state index is 12.1. The van der Waals surface area contributed by atoms with Crippen molar-refractivity contribution in [3.63, 3.8) is 0 Å². The van der Waals surface area contributed by atoms with Crippen molar-refractivity contribution in [1.82, 2.24) is 15.1 Å². The Morgan fingerprint density at radius 2 is 2.05 bits per heavy atom. The Morgan fingerprint density at radius 1 is 1.29 bits per heavy atom. The van der Waals surface area contributed by atoms with Gasteiger partial charge in [-0.05, 0) is 31.5 Å². The summed E-state index contributed by atoms with van der Waals surface area (Å²) >= 11 is 12.0. The van der Waals surface area contributed by atoms with E-state index in [-0.39, 0.29) is 5.91 Å². The van der Waals surface area contributed by atoms with E-state index >= 15 is 0 Å². The van der Waals surface area contributed by atoms with E-state index in [0.29, 0.717) is 22.2 Å². The van der Waals surface area contributed by atoms with Gasteiger partial charge < -0.3 is 5.32 Å². The maximum Gasteiger partial charge on any atom is 0.254 e. The zero-order valence-corrected chi connectivity index (χ0v) is 13.5. The standard InChI is InChI=1S/C15H17Cl2N3O/c1-3-5-14-11(15(21)18-4-2)9-19-20(14)10-6-7-12(16)13(17)8-10/h6-9H,3-5H2,1-2H3,(H,18,21). The molecule has 0 unspecified atom stereocenters. The van der Waals surface area contributed by atoms with Gasteiger partial charge in [0.15, 0.2) is 0 Å². The molecule has 0 aliphatic rings. The van der Waals surface area contributed by atoms with Gasteiger partial charge >= 0.3 is 0 Å². The lowest BCUT2D eigenvalue weighted by Crippen LogP contribution is -2.23. The van der Waals surface area contributed by atoms with Crippen LogP contribution in [0.3, 0.4) is 0 Å². The van der Waals surface area contributed by atoms with Crippen LogP contribution in [0.2, 0.25) is 10.0 Å². The lowest BCUT2D eigenvalue weighted by molar-refractivity contribution is 0.0955. The van der Waals surface area contributed by atoms with Gasteiger partial charge in [0.1, 0.15) is 0 Å². The molecule has 4 nitrogen and oxygen atoms in total. The average molecular weight is 326 g/mol. The second kappa shape index (κ2) is 6.96. The van der Waals surface area contributed by atoms with Gasteiger partial charge in [-0.15, -0.1) is 0 Å². The molecule has 112 valence electrons. The van der Waals surface area contributed by atoms with E-state index in [1.165, 1.54) is 0 Å². The predicted octanol–water partition coefficient (Wildman–Crippen LogP) is 3.88. The second-order valence-electron chi connectivity index (χ2n) is 4.62. The number of hydrogen-bond donors (Lipinski definition) is 1. The summed E-state index contributed by atoms with van der Waals surface area (Å²) in [5.41, 5.74) is 2.27. The van der Waals surface area contributed by atoms with Crippen molar-refractivity contribution in [2.24, 2.45) is 0 Å². The molecule has 1 amide bonds. The van der Waals surface area contributed by atoms with E-state index in [2.05, 4.69) is 17.3 Å². The highest BCUT2D eigenvalue weighted by Crippen LogP contribution is 2.26. The number of aromatic nitrogens is 2. The third-order valence-electron chi connectivity index (χ3n) is 3.09. The van der Waals surface area contributed by atoms with Crippen molar-refractivity contribution in [3.05, 3.63) is 45.7 Å². The lowest BCUT2D eigenvalue weighted by Gasteiger charge is -2.10. The Bertz CT molecular complexity index is 652. The molecule has 2 rings (SSSR count). The number of rotatable bonds is 5. The fourth-order valence-electron chi connectivity index (χ4n) is 2.14. The van der Waals surface area contributed by atoms with E-state index < -0.39 is 0 Å². The number of carbonyl (C=O) groups excluding carboxylic acids is 1. The quantitative estimate of drug-likeness (QED) is 0.906. The van der Waals surface area contributed by atoms with Crippen LogP contribution in [-0.2, 0) is 6.42 Å².